The average Bonchev–Trinajstić information content (AvgIpc) is 2.86. The Morgan fingerprint density at radius 1 is 1.59 bits per heavy atom. The zero-order chi connectivity index (χ0) is 12.4. The molecule has 17 heavy (non-hydrogen) atoms. The van der Waals surface area contributed by atoms with Crippen LogP contribution in [0.5, 0.6) is 0 Å². The maximum absolute atomic E-state index is 5.24. The summed E-state index contributed by atoms with van der Waals surface area (Å²) in [6.45, 7) is 5.06. The number of anilines is 1. The number of hydrogen-bond acceptors (Lipinski definition) is 4. The molecule has 0 aliphatic rings. The molecule has 4 nitrogen and oxygen atoms in total. The predicted molar refractivity (Wildman–Crippen MR) is 74.2 cm³/mol. The van der Waals surface area contributed by atoms with Gasteiger partial charge < -0.3 is 4.90 Å². The summed E-state index contributed by atoms with van der Waals surface area (Å²) in [6.07, 6.45) is 0. The number of aromatic nitrogens is 3. The van der Waals surface area contributed by atoms with Crippen LogP contribution in [-0.2, 0) is 6.54 Å². The Bertz CT molecular complexity index is 524. The fourth-order valence-electron chi connectivity index (χ4n) is 1.74. The van der Waals surface area contributed by atoms with E-state index in [1.165, 1.54) is 4.88 Å². The second-order valence-corrected chi connectivity index (χ2v) is 5.65. The van der Waals surface area contributed by atoms with Gasteiger partial charge in [-0.1, -0.05) is 6.07 Å². The maximum atomic E-state index is 5.24. The zero-order valence-corrected chi connectivity index (χ0v) is 11.8. The Morgan fingerprint density at radius 2 is 2.35 bits per heavy atom. The molecule has 0 aromatic carbocycles. The lowest BCUT2D eigenvalue weighted by Gasteiger charge is -2.19. The predicted octanol–water partition coefficient (Wildman–Crippen LogP) is 3.22. The van der Waals surface area contributed by atoms with E-state index < -0.39 is 0 Å². The molecule has 2 heterocycles. The molecule has 1 N–H and O–H groups in total. The number of rotatable bonds is 4. The molecule has 0 aliphatic heterocycles. The number of thiophene rings is 1. The lowest BCUT2D eigenvalue weighted by Crippen LogP contribution is -2.21. The van der Waals surface area contributed by atoms with Gasteiger partial charge in [0, 0.05) is 18.0 Å². The van der Waals surface area contributed by atoms with Crippen LogP contribution >= 0.6 is 23.6 Å². The lowest BCUT2D eigenvalue weighted by atomic mass is 10.4. The molecule has 0 bridgehead atoms. The summed E-state index contributed by atoms with van der Waals surface area (Å²) in [5.41, 5.74) is 0. The van der Waals surface area contributed by atoms with Crippen molar-refractivity contribution in [3.8, 4) is 0 Å². The van der Waals surface area contributed by atoms with E-state index in [4.69, 9.17) is 12.2 Å². The van der Waals surface area contributed by atoms with E-state index in [1.54, 1.807) is 11.3 Å². The summed E-state index contributed by atoms with van der Waals surface area (Å²) in [6, 6.07) is 4.50. The van der Waals surface area contributed by atoms with Crippen molar-refractivity contribution in [1.82, 2.24) is 14.8 Å². The molecule has 0 radical (unpaired) electrons. The summed E-state index contributed by atoms with van der Waals surface area (Å²) in [5.74, 6) is 0.887. The van der Waals surface area contributed by atoms with Crippen LogP contribution in [0.3, 0.4) is 0 Å². The van der Waals surface area contributed by atoms with Crippen molar-refractivity contribution in [2.24, 2.45) is 0 Å². The highest BCUT2D eigenvalue weighted by Crippen LogP contribution is 2.19. The minimum absolute atomic E-state index is 0.307. The highest BCUT2D eigenvalue weighted by Gasteiger charge is 2.13. The minimum Gasteiger partial charge on any atom is -0.339 e. The molecule has 0 amide bonds. The number of hydrogen-bond donors (Lipinski definition) is 1. The van der Waals surface area contributed by atoms with Gasteiger partial charge in [0.25, 0.3) is 0 Å². The third-order valence-corrected chi connectivity index (χ3v) is 3.67. The Balaban J connectivity index is 2.25. The van der Waals surface area contributed by atoms with Crippen LogP contribution in [0.2, 0.25) is 0 Å². The van der Waals surface area contributed by atoms with Gasteiger partial charge in [-0.2, -0.15) is 0 Å². The van der Waals surface area contributed by atoms with E-state index >= 15 is 0 Å². The summed E-state index contributed by atoms with van der Waals surface area (Å²) in [4.78, 5) is 3.43. The van der Waals surface area contributed by atoms with Crippen molar-refractivity contribution >= 4 is 29.5 Å². The zero-order valence-electron chi connectivity index (χ0n) is 10.2. The topological polar surface area (TPSA) is 36.9 Å². The first kappa shape index (κ1) is 12.3. The number of H-pyrrole nitrogens is 1. The highest BCUT2D eigenvalue weighted by atomic mass is 32.1. The van der Waals surface area contributed by atoms with E-state index in [1.807, 2.05) is 11.6 Å². The molecule has 0 aliphatic carbocycles. The summed E-state index contributed by atoms with van der Waals surface area (Å²) >= 11 is 6.99. The van der Waals surface area contributed by atoms with Crippen LogP contribution in [0.15, 0.2) is 17.5 Å². The van der Waals surface area contributed by atoms with Gasteiger partial charge in [-0.25, -0.2) is 5.10 Å². The monoisotopic (exact) mass is 268 g/mol. The molecule has 0 fully saturated rings. The molecule has 2 aromatic heterocycles. The van der Waals surface area contributed by atoms with Crippen molar-refractivity contribution < 1.29 is 0 Å². The molecule has 2 aromatic rings. The van der Waals surface area contributed by atoms with Crippen LogP contribution in [0.4, 0.5) is 5.95 Å². The van der Waals surface area contributed by atoms with Gasteiger partial charge in [-0.15, -0.1) is 16.4 Å². The second-order valence-electron chi connectivity index (χ2n) is 4.23. The third kappa shape index (κ3) is 2.58. The van der Waals surface area contributed by atoms with Crippen molar-refractivity contribution in [1.29, 1.82) is 0 Å². The fourth-order valence-corrected chi connectivity index (χ4v) is 2.83. The van der Waals surface area contributed by atoms with Crippen LogP contribution in [0.25, 0.3) is 0 Å². The molecule has 0 saturated carbocycles. The number of aromatic amines is 1. The number of nitrogens with zero attached hydrogens (tertiary/aromatic N) is 3. The third-order valence-electron chi connectivity index (χ3n) is 2.52. The van der Waals surface area contributed by atoms with Gasteiger partial charge in [0.05, 0.1) is 6.54 Å². The summed E-state index contributed by atoms with van der Waals surface area (Å²) in [5, 5.41) is 9.24. The minimum atomic E-state index is 0.307. The molecule has 92 valence electrons. The Labute approximate surface area is 110 Å². The summed E-state index contributed by atoms with van der Waals surface area (Å²) in [7, 11) is 2.03. The van der Waals surface area contributed by atoms with Crippen molar-refractivity contribution in [3.63, 3.8) is 0 Å². The molecular formula is C11H16N4S2. The Hall–Kier alpha value is -1.14. The van der Waals surface area contributed by atoms with Crippen molar-refractivity contribution in [2.45, 2.75) is 26.4 Å². The van der Waals surface area contributed by atoms with Gasteiger partial charge in [0.15, 0.2) is 4.77 Å². The molecule has 6 heteroatoms. The first-order valence-electron chi connectivity index (χ1n) is 5.50. The highest BCUT2D eigenvalue weighted by molar-refractivity contribution is 7.71. The number of nitrogens with one attached hydrogen (secondary N) is 1. The van der Waals surface area contributed by atoms with Crippen molar-refractivity contribution in [2.75, 3.05) is 11.9 Å². The average molecular weight is 268 g/mol. The van der Waals surface area contributed by atoms with Gasteiger partial charge in [0.2, 0.25) is 5.95 Å². The molecule has 0 atom stereocenters. The van der Waals surface area contributed by atoms with Crippen LogP contribution < -0.4 is 4.90 Å². The van der Waals surface area contributed by atoms with Crippen LogP contribution in [0, 0.1) is 4.77 Å². The maximum Gasteiger partial charge on any atom is 0.226 e. The van der Waals surface area contributed by atoms with Gasteiger partial charge in [-0.3, -0.25) is 4.57 Å². The molecule has 0 spiro atoms. The van der Waals surface area contributed by atoms with E-state index in [0.717, 1.165) is 12.5 Å². The van der Waals surface area contributed by atoms with E-state index in [0.29, 0.717) is 10.8 Å². The van der Waals surface area contributed by atoms with Gasteiger partial charge in [0.1, 0.15) is 0 Å². The first-order valence-corrected chi connectivity index (χ1v) is 6.79. The van der Waals surface area contributed by atoms with Crippen LogP contribution in [-0.4, -0.2) is 21.8 Å². The quantitative estimate of drug-likeness (QED) is 0.865. The fraction of sp³-hybridized carbons (Fsp3) is 0.455. The molecule has 2 rings (SSSR count). The van der Waals surface area contributed by atoms with E-state index in [2.05, 4.69) is 46.5 Å². The Morgan fingerprint density at radius 3 is 2.94 bits per heavy atom. The SMILES string of the molecule is CC(C)n1c(N(C)Cc2cccs2)n[nH]c1=S. The second kappa shape index (κ2) is 5.01. The largest absolute Gasteiger partial charge is 0.339 e. The Kier molecular flexibility index (Phi) is 3.63. The normalized spacial score (nSPS) is 11.1. The van der Waals surface area contributed by atoms with E-state index in [9.17, 15) is 0 Å². The lowest BCUT2D eigenvalue weighted by molar-refractivity contribution is 0.584. The van der Waals surface area contributed by atoms with E-state index in [-0.39, 0.29) is 0 Å². The summed E-state index contributed by atoms with van der Waals surface area (Å²) < 4.78 is 2.70. The molecule has 0 unspecified atom stereocenters. The standard InChI is InChI=1S/C11H16N4S2/c1-8(2)15-10(12-13-11(15)16)14(3)7-9-5-4-6-17-9/h4-6,8H,7H2,1-3H3,(H,13,16). The van der Waals surface area contributed by atoms with Crippen molar-refractivity contribution in [3.05, 3.63) is 27.2 Å². The van der Waals surface area contributed by atoms with Crippen LogP contribution in [0.1, 0.15) is 24.8 Å². The molecular weight excluding hydrogens is 252 g/mol. The first-order chi connectivity index (χ1) is 8.09. The molecule has 0 saturated heterocycles. The van der Waals surface area contributed by atoms with Gasteiger partial charge >= 0.3 is 0 Å². The smallest absolute Gasteiger partial charge is 0.226 e. The van der Waals surface area contributed by atoms with Gasteiger partial charge in [-0.05, 0) is 37.5 Å².